The van der Waals surface area contributed by atoms with Gasteiger partial charge in [0.25, 0.3) is 5.69 Å². The number of hydrogen-bond donors (Lipinski definition) is 1. The second-order valence-corrected chi connectivity index (χ2v) is 7.75. The van der Waals surface area contributed by atoms with Gasteiger partial charge in [-0.3, -0.25) is 15.1 Å². The molecule has 0 saturated heterocycles. The zero-order chi connectivity index (χ0) is 19.4. The molecule has 0 atom stereocenters. The van der Waals surface area contributed by atoms with Crippen LogP contribution in [0.2, 0.25) is 0 Å². The van der Waals surface area contributed by atoms with E-state index in [2.05, 4.69) is 4.99 Å². The molecule has 0 radical (unpaired) electrons. The maximum Gasteiger partial charge on any atom is 0.270 e. The molecule has 2 aromatic carbocycles. The van der Waals surface area contributed by atoms with Crippen molar-refractivity contribution in [2.24, 2.45) is 4.99 Å². The Kier molecular flexibility index (Phi) is 5.59. The molecule has 1 fully saturated rings. The van der Waals surface area contributed by atoms with Gasteiger partial charge in [-0.05, 0) is 18.4 Å². The number of aliphatic imine (C=N–C) groups is 1. The molecule has 27 heavy (non-hydrogen) atoms. The van der Waals surface area contributed by atoms with Gasteiger partial charge in [0.15, 0.2) is 0 Å². The van der Waals surface area contributed by atoms with Crippen molar-refractivity contribution in [3.63, 3.8) is 0 Å². The van der Waals surface area contributed by atoms with E-state index in [1.807, 2.05) is 44.2 Å². The molecular formula is C22H26N2O3. The Bertz CT molecular complexity index is 838. The number of benzene rings is 2. The summed E-state index contributed by atoms with van der Waals surface area (Å²) >= 11 is 0. The van der Waals surface area contributed by atoms with E-state index in [0.29, 0.717) is 11.1 Å². The lowest BCUT2D eigenvalue weighted by molar-refractivity contribution is -0.385. The minimum absolute atomic E-state index is 0.0306. The van der Waals surface area contributed by atoms with Crippen LogP contribution >= 0.6 is 0 Å². The summed E-state index contributed by atoms with van der Waals surface area (Å²) < 4.78 is 0. The molecule has 0 aromatic heterocycles. The molecule has 5 nitrogen and oxygen atoms in total. The molecule has 0 heterocycles. The highest BCUT2D eigenvalue weighted by atomic mass is 16.6. The molecular weight excluding hydrogens is 340 g/mol. The maximum absolute atomic E-state index is 11.5. The van der Waals surface area contributed by atoms with Gasteiger partial charge in [0.2, 0.25) is 0 Å². The topological polar surface area (TPSA) is 75.7 Å². The van der Waals surface area contributed by atoms with Crippen molar-refractivity contribution in [3.05, 3.63) is 69.3 Å². The van der Waals surface area contributed by atoms with Crippen LogP contribution in [0.3, 0.4) is 0 Å². The summed E-state index contributed by atoms with van der Waals surface area (Å²) in [4.78, 5) is 15.7. The Balaban J connectivity index is 2.04. The second-order valence-electron chi connectivity index (χ2n) is 7.75. The summed E-state index contributed by atoms with van der Waals surface area (Å²) in [6.45, 7) is 3.92. The van der Waals surface area contributed by atoms with E-state index in [-0.39, 0.29) is 17.5 Å². The number of nitro benzene ring substituents is 1. The van der Waals surface area contributed by atoms with Crippen LogP contribution in [0.1, 0.15) is 62.6 Å². The Morgan fingerprint density at radius 2 is 1.81 bits per heavy atom. The first-order chi connectivity index (χ1) is 12.9. The summed E-state index contributed by atoms with van der Waals surface area (Å²) in [7, 11) is 0. The monoisotopic (exact) mass is 366 g/mol. The summed E-state index contributed by atoms with van der Waals surface area (Å²) in [6, 6.07) is 12.8. The normalized spacial score (nSPS) is 15.9. The maximum atomic E-state index is 11.5. The van der Waals surface area contributed by atoms with Gasteiger partial charge in [-0.1, -0.05) is 63.4 Å². The molecule has 1 saturated carbocycles. The lowest BCUT2D eigenvalue weighted by Crippen LogP contribution is -2.20. The number of hydrogen-bond acceptors (Lipinski definition) is 4. The number of non-ortho nitro benzene ring substituents is 1. The Hall–Kier alpha value is -2.69. The predicted molar refractivity (Wildman–Crippen MR) is 108 cm³/mol. The average molecular weight is 366 g/mol. The molecule has 1 aliphatic carbocycles. The molecule has 3 rings (SSSR count). The summed E-state index contributed by atoms with van der Waals surface area (Å²) in [6.07, 6.45) is 7.25. The minimum Gasteiger partial charge on any atom is -0.507 e. The predicted octanol–water partition coefficient (Wildman–Crippen LogP) is 5.38. The molecule has 0 unspecified atom stereocenters. The lowest BCUT2D eigenvalue weighted by atomic mass is 9.77. The van der Waals surface area contributed by atoms with Gasteiger partial charge in [0.05, 0.1) is 4.92 Å². The SMILES string of the molecule is CC(C)(c1ccccc1)c1cc([N+](=O)[O-])cc(C=NC2CCCCC2)c1O. The van der Waals surface area contributed by atoms with Gasteiger partial charge >= 0.3 is 0 Å². The van der Waals surface area contributed by atoms with Gasteiger partial charge < -0.3 is 5.11 Å². The van der Waals surface area contributed by atoms with Crippen LogP contribution in [0.15, 0.2) is 47.5 Å². The van der Waals surface area contributed by atoms with Crippen LogP contribution < -0.4 is 0 Å². The third-order valence-corrected chi connectivity index (χ3v) is 5.50. The van der Waals surface area contributed by atoms with E-state index in [0.717, 1.165) is 31.2 Å². The molecule has 0 amide bonds. The fourth-order valence-corrected chi connectivity index (χ4v) is 3.75. The van der Waals surface area contributed by atoms with Crippen molar-refractivity contribution in [2.45, 2.75) is 57.4 Å². The quantitative estimate of drug-likeness (QED) is 0.438. The first-order valence-corrected chi connectivity index (χ1v) is 9.50. The van der Waals surface area contributed by atoms with Crippen LogP contribution in [0.25, 0.3) is 0 Å². The van der Waals surface area contributed by atoms with E-state index < -0.39 is 10.3 Å². The summed E-state index contributed by atoms with van der Waals surface area (Å²) in [5.41, 5.74) is 1.32. The minimum atomic E-state index is -0.579. The third-order valence-electron chi connectivity index (χ3n) is 5.50. The molecule has 2 aromatic rings. The van der Waals surface area contributed by atoms with E-state index in [4.69, 9.17) is 0 Å². The van der Waals surface area contributed by atoms with Crippen molar-refractivity contribution < 1.29 is 10.0 Å². The first kappa shape index (κ1) is 19.1. The Morgan fingerprint density at radius 1 is 1.15 bits per heavy atom. The van der Waals surface area contributed by atoms with Crippen LogP contribution in [-0.2, 0) is 5.41 Å². The van der Waals surface area contributed by atoms with Crippen LogP contribution in [0.5, 0.6) is 5.75 Å². The molecule has 1 N–H and O–H groups in total. The number of nitro groups is 1. The van der Waals surface area contributed by atoms with Gasteiger partial charge in [0.1, 0.15) is 5.75 Å². The number of phenols is 1. The number of phenolic OH excluding ortho intramolecular Hbond substituents is 1. The highest BCUT2D eigenvalue weighted by Crippen LogP contribution is 2.40. The van der Waals surface area contributed by atoms with Crippen molar-refractivity contribution in [1.82, 2.24) is 0 Å². The van der Waals surface area contributed by atoms with Gasteiger partial charge in [-0.25, -0.2) is 0 Å². The Labute approximate surface area is 159 Å². The molecule has 0 aliphatic heterocycles. The number of aromatic hydroxyl groups is 1. The van der Waals surface area contributed by atoms with Crippen molar-refractivity contribution in [3.8, 4) is 5.75 Å². The van der Waals surface area contributed by atoms with Crippen LogP contribution in [-0.4, -0.2) is 22.3 Å². The highest BCUT2D eigenvalue weighted by Gasteiger charge is 2.29. The van der Waals surface area contributed by atoms with Crippen LogP contribution in [0.4, 0.5) is 5.69 Å². The van der Waals surface area contributed by atoms with E-state index in [1.165, 1.54) is 18.6 Å². The third kappa shape index (κ3) is 4.18. The summed E-state index contributed by atoms with van der Waals surface area (Å²) in [5.74, 6) is 0.0639. The standard InChI is InChI=1S/C22H26N2O3/c1-22(2,17-9-5-3-6-10-17)20-14-19(24(26)27)13-16(21(20)25)15-23-18-11-7-4-8-12-18/h3,5-6,9-10,13-15,18,25H,4,7-8,11-12H2,1-2H3. The number of rotatable bonds is 5. The van der Waals surface area contributed by atoms with Crippen molar-refractivity contribution in [1.29, 1.82) is 0 Å². The van der Waals surface area contributed by atoms with E-state index >= 15 is 0 Å². The highest BCUT2D eigenvalue weighted by molar-refractivity contribution is 5.86. The smallest absolute Gasteiger partial charge is 0.270 e. The second kappa shape index (κ2) is 7.91. The molecule has 5 heteroatoms. The van der Waals surface area contributed by atoms with E-state index in [9.17, 15) is 15.2 Å². The largest absolute Gasteiger partial charge is 0.507 e. The number of nitrogens with zero attached hydrogens (tertiary/aromatic N) is 2. The van der Waals surface area contributed by atoms with E-state index in [1.54, 1.807) is 6.21 Å². The Morgan fingerprint density at radius 3 is 2.44 bits per heavy atom. The zero-order valence-electron chi connectivity index (χ0n) is 15.9. The molecule has 1 aliphatic rings. The average Bonchev–Trinajstić information content (AvgIpc) is 2.68. The lowest BCUT2D eigenvalue weighted by Gasteiger charge is -2.27. The molecule has 0 bridgehead atoms. The zero-order valence-corrected chi connectivity index (χ0v) is 15.9. The van der Waals surface area contributed by atoms with Gasteiger partial charge in [0, 0.05) is 40.9 Å². The van der Waals surface area contributed by atoms with Crippen molar-refractivity contribution >= 4 is 11.9 Å². The summed E-state index contributed by atoms with van der Waals surface area (Å²) in [5, 5.41) is 22.4. The van der Waals surface area contributed by atoms with Crippen molar-refractivity contribution in [2.75, 3.05) is 0 Å². The molecule has 142 valence electrons. The van der Waals surface area contributed by atoms with Gasteiger partial charge in [-0.15, -0.1) is 0 Å². The first-order valence-electron chi connectivity index (χ1n) is 9.50. The fourth-order valence-electron chi connectivity index (χ4n) is 3.75. The van der Waals surface area contributed by atoms with Crippen LogP contribution in [0, 0.1) is 10.1 Å². The van der Waals surface area contributed by atoms with Gasteiger partial charge in [-0.2, -0.15) is 0 Å². The fraction of sp³-hybridized carbons (Fsp3) is 0.409. The molecule has 0 spiro atoms.